The largest absolute Gasteiger partial charge is 0.391 e. The molecule has 2 saturated heterocycles. The zero-order valence-corrected chi connectivity index (χ0v) is 20.4. The minimum absolute atomic E-state index is 0.230. The summed E-state index contributed by atoms with van der Waals surface area (Å²) in [6.45, 7) is 4.49. The molecule has 5 N–H and O–H groups in total. The molecule has 0 aliphatic carbocycles. The Morgan fingerprint density at radius 2 is 1.91 bits per heavy atom. The van der Waals surface area contributed by atoms with Gasteiger partial charge in [0.25, 0.3) is 0 Å². The fourth-order valence-electron chi connectivity index (χ4n) is 4.83. The van der Waals surface area contributed by atoms with E-state index >= 15 is 0 Å². The number of amides is 1. The average molecular weight is 483 g/mol. The number of thioether (sulfide) groups is 1. The quantitative estimate of drug-likeness (QED) is 0.349. The van der Waals surface area contributed by atoms with E-state index in [1.165, 1.54) is 18.7 Å². The summed E-state index contributed by atoms with van der Waals surface area (Å²) in [5, 5.41) is 45.0. The van der Waals surface area contributed by atoms with Crippen molar-refractivity contribution in [2.75, 3.05) is 13.6 Å². The van der Waals surface area contributed by atoms with Crippen LogP contribution in [0.2, 0.25) is 0 Å². The Morgan fingerprint density at radius 1 is 1.21 bits per heavy atom. The fourth-order valence-corrected chi connectivity index (χ4v) is 5.94. The summed E-state index contributed by atoms with van der Waals surface area (Å²) in [7, 11) is 1.92. The van der Waals surface area contributed by atoms with Gasteiger partial charge in [0.05, 0.1) is 18.2 Å². The lowest BCUT2D eigenvalue weighted by atomic mass is 9.92. The molecule has 9 heteroatoms. The van der Waals surface area contributed by atoms with Gasteiger partial charge in [-0.15, -0.1) is 11.8 Å². The van der Waals surface area contributed by atoms with E-state index < -0.39 is 42.0 Å². The molecule has 0 bridgehead atoms. The highest BCUT2D eigenvalue weighted by molar-refractivity contribution is 7.99. The molecule has 3 rings (SSSR count). The Bertz CT molecular complexity index is 754. The van der Waals surface area contributed by atoms with Crippen molar-refractivity contribution >= 4 is 17.7 Å². The summed E-state index contributed by atoms with van der Waals surface area (Å²) >= 11 is 1.30. The average Bonchev–Trinajstić information content (AvgIpc) is 3.16. The van der Waals surface area contributed by atoms with Crippen LogP contribution in [0.3, 0.4) is 0 Å². The van der Waals surface area contributed by atoms with Crippen LogP contribution >= 0.6 is 11.8 Å². The van der Waals surface area contributed by atoms with Crippen molar-refractivity contribution < 1.29 is 30.0 Å². The van der Waals surface area contributed by atoms with Crippen LogP contribution in [-0.4, -0.2) is 92.9 Å². The van der Waals surface area contributed by atoms with Gasteiger partial charge >= 0.3 is 0 Å². The normalized spacial score (nSPS) is 34.7. The number of carbonyl (C=O) groups is 1. The maximum Gasteiger partial charge on any atom is 0.237 e. The number of nitrogens with zero attached hydrogens (tertiary/aromatic N) is 1. The number of ether oxygens (including phenoxy) is 1. The number of hydrogen-bond donors (Lipinski definition) is 5. The number of rotatable bonds is 9. The first-order chi connectivity index (χ1) is 15.7. The highest BCUT2D eigenvalue weighted by atomic mass is 32.2. The zero-order chi connectivity index (χ0) is 24.1. The topological polar surface area (TPSA) is 122 Å². The zero-order valence-electron chi connectivity index (χ0n) is 19.6. The Morgan fingerprint density at radius 3 is 2.55 bits per heavy atom. The second kappa shape index (κ2) is 12.0. The van der Waals surface area contributed by atoms with Gasteiger partial charge in [-0.3, -0.25) is 9.69 Å². The summed E-state index contributed by atoms with van der Waals surface area (Å²) in [5.41, 5.74) is 0.205. The molecule has 2 heterocycles. The van der Waals surface area contributed by atoms with Crippen molar-refractivity contribution in [3.63, 3.8) is 0 Å². The summed E-state index contributed by atoms with van der Waals surface area (Å²) in [5.74, 6) is 0.759. The van der Waals surface area contributed by atoms with Crippen molar-refractivity contribution in [3.05, 3.63) is 35.9 Å². The third-order valence-corrected chi connectivity index (χ3v) is 7.90. The summed E-state index contributed by atoms with van der Waals surface area (Å²) in [6, 6.07) is 8.40. The Balaban J connectivity index is 1.69. The molecule has 33 heavy (non-hydrogen) atoms. The fraction of sp³-hybridized carbons (Fsp3) is 0.708. The number of likely N-dealkylation sites (tertiary alicyclic amines) is 1. The highest BCUT2D eigenvalue weighted by Gasteiger charge is 2.48. The van der Waals surface area contributed by atoms with Crippen molar-refractivity contribution in [1.29, 1.82) is 0 Å². The van der Waals surface area contributed by atoms with Crippen molar-refractivity contribution in [1.82, 2.24) is 10.2 Å². The maximum absolute atomic E-state index is 13.1. The van der Waals surface area contributed by atoms with Gasteiger partial charge in [-0.05, 0) is 38.3 Å². The number of aliphatic hydroxyl groups excluding tert-OH is 4. The lowest BCUT2D eigenvalue weighted by molar-refractivity contribution is -0.211. The van der Waals surface area contributed by atoms with Gasteiger partial charge in [-0.25, -0.2) is 0 Å². The Labute approximate surface area is 200 Å². The summed E-state index contributed by atoms with van der Waals surface area (Å²) in [6.07, 6.45) is -3.45. The minimum Gasteiger partial charge on any atom is -0.391 e. The minimum atomic E-state index is -1.46. The van der Waals surface area contributed by atoms with Crippen molar-refractivity contribution in [2.45, 2.75) is 86.9 Å². The molecule has 2 fully saturated rings. The first-order valence-corrected chi connectivity index (χ1v) is 12.8. The van der Waals surface area contributed by atoms with Crippen LogP contribution in [0, 0.1) is 5.92 Å². The van der Waals surface area contributed by atoms with Gasteiger partial charge in [0.15, 0.2) is 0 Å². The monoisotopic (exact) mass is 482 g/mol. The number of carbonyl (C=O) groups excluding carboxylic acids is 1. The van der Waals surface area contributed by atoms with Gasteiger partial charge in [-0.2, -0.15) is 0 Å². The van der Waals surface area contributed by atoms with Crippen molar-refractivity contribution in [3.8, 4) is 0 Å². The van der Waals surface area contributed by atoms with Crippen LogP contribution in [0.15, 0.2) is 30.3 Å². The first-order valence-electron chi connectivity index (χ1n) is 11.8. The molecule has 8 nitrogen and oxygen atoms in total. The first kappa shape index (κ1) is 26.4. The molecule has 9 atom stereocenters. The van der Waals surface area contributed by atoms with Gasteiger partial charge in [0.2, 0.25) is 5.91 Å². The van der Waals surface area contributed by atoms with E-state index in [1.54, 1.807) is 0 Å². The number of likely N-dealkylation sites (N-methyl/N-ethyl adjacent to an activating group) is 1. The summed E-state index contributed by atoms with van der Waals surface area (Å²) in [4.78, 5) is 15.1. The van der Waals surface area contributed by atoms with E-state index in [4.69, 9.17) is 4.74 Å². The van der Waals surface area contributed by atoms with E-state index in [2.05, 4.69) is 12.2 Å². The van der Waals surface area contributed by atoms with Crippen LogP contribution in [0.4, 0.5) is 0 Å². The molecular formula is C24H38N2O6S. The van der Waals surface area contributed by atoms with Gasteiger partial charge in [0.1, 0.15) is 29.9 Å². The number of benzene rings is 1. The highest BCUT2D eigenvalue weighted by Crippen LogP contribution is 2.33. The standard InChI is InChI=1S/C24H38N2O6S/c1-4-8-16-11-17(26(3)12-16)23(31)25-18(14(2)27)22-20(29)19(28)21(30)24(32-22)33-13-15-9-6-5-7-10-15/h5-7,9-10,14,16-22,24,27-30H,4,8,11-13H2,1-3H3,(H,25,31)/t14-,16-,17+,18-,19+,20-,21-,22-,24-/m1/s1. The smallest absolute Gasteiger partial charge is 0.237 e. The molecule has 1 aromatic carbocycles. The predicted octanol–water partition coefficient (Wildman–Crippen LogP) is 0.713. The number of nitrogens with one attached hydrogen (secondary N) is 1. The predicted molar refractivity (Wildman–Crippen MR) is 127 cm³/mol. The SMILES string of the molecule is CCC[C@@H]1C[C@@H](C(=O)N[C@@H]([C@H]2O[C@H](SCc3ccccc3)[C@H](O)[C@@H](O)[C@H]2O)[C@@H](C)O)N(C)C1. The third-order valence-electron chi connectivity index (χ3n) is 6.68. The molecule has 2 aliphatic rings. The van der Waals surface area contributed by atoms with Gasteiger partial charge in [0, 0.05) is 12.3 Å². The molecule has 0 radical (unpaired) electrons. The van der Waals surface area contributed by atoms with E-state index in [0.717, 1.165) is 31.4 Å². The van der Waals surface area contributed by atoms with E-state index in [0.29, 0.717) is 11.7 Å². The molecule has 0 saturated carbocycles. The van der Waals surface area contributed by atoms with Crippen LogP contribution in [0.1, 0.15) is 38.7 Å². The molecule has 1 amide bonds. The lowest BCUT2D eigenvalue weighted by Crippen LogP contribution is -2.65. The van der Waals surface area contributed by atoms with Gasteiger partial charge < -0.3 is 30.5 Å². The van der Waals surface area contributed by atoms with E-state index in [1.807, 2.05) is 42.3 Å². The van der Waals surface area contributed by atoms with Crippen molar-refractivity contribution in [2.24, 2.45) is 5.92 Å². The maximum atomic E-state index is 13.1. The molecule has 186 valence electrons. The Hall–Kier alpha value is -1.20. The van der Waals surface area contributed by atoms with Crippen LogP contribution in [0.5, 0.6) is 0 Å². The third kappa shape index (κ3) is 6.48. The lowest BCUT2D eigenvalue weighted by Gasteiger charge is -2.44. The van der Waals surface area contributed by atoms with Crippen LogP contribution in [0.25, 0.3) is 0 Å². The van der Waals surface area contributed by atoms with Gasteiger partial charge in [-0.1, -0.05) is 43.7 Å². The van der Waals surface area contributed by atoms with E-state index in [-0.39, 0.29) is 11.9 Å². The second-order valence-corrected chi connectivity index (χ2v) is 10.4. The molecule has 0 unspecified atom stereocenters. The van der Waals surface area contributed by atoms with E-state index in [9.17, 15) is 25.2 Å². The summed E-state index contributed by atoms with van der Waals surface area (Å²) < 4.78 is 5.99. The number of hydrogen-bond acceptors (Lipinski definition) is 8. The molecule has 0 aromatic heterocycles. The van der Waals surface area contributed by atoms with Crippen LogP contribution < -0.4 is 5.32 Å². The van der Waals surface area contributed by atoms with Crippen LogP contribution in [-0.2, 0) is 15.3 Å². The molecular weight excluding hydrogens is 444 g/mol. The number of aliphatic hydroxyl groups is 4. The molecule has 2 aliphatic heterocycles. The second-order valence-electron chi connectivity index (χ2n) is 9.36. The Kier molecular flexibility index (Phi) is 9.58. The molecule has 1 aromatic rings. The molecule has 0 spiro atoms.